The molecule has 5 aromatic rings. The summed E-state index contributed by atoms with van der Waals surface area (Å²) in [6, 6.07) is 14.7. The summed E-state index contributed by atoms with van der Waals surface area (Å²) >= 11 is 0. The minimum atomic E-state index is -0.731. The molecule has 5 rings (SSSR count). The highest BCUT2D eigenvalue weighted by atomic mass is 19.1. The molecular weight excluding hydrogens is 549 g/mol. The predicted octanol–water partition coefficient (Wildman–Crippen LogP) is 5.93. The van der Waals surface area contributed by atoms with Crippen LogP contribution in [-0.4, -0.2) is 46.4 Å². The van der Waals surface area contributed by atoms with E-state index in [1.54, 1.807) is 31.2 Å². The number of anilines is 1. The van der Waals surface area contributed by atoms with Crippen molar-refractivity contribution in [2.24, 2.45) is 0 Å². The molecule has 0 radical (unpaired) electrons. The molecule has 42 heavy (non-hydrogen) atoms. The van der Waals surface area contributed by atoms with E-state index in [1.165, 1.54) is 61.6 Å². The number of non-ortho nitro benzene ring substituents is 1. The molecular formula is C29H24FN5O7. The zero-order valence-corrected chi connectivity index (χ0v) is 22.7. The number of hydrogen-bond donors (Lipinski definition) is 1. The number of ether oxygens (including phenoxy) is 4. The molecule has 12 nitrogen and oxygen atoms in total. The van der Waals surface area contributed by atoms with Gasteiger partial charge < -0.3 is 24.3 Å². The van der Waals surface area contributed by atoms with E-state index in [4.69, 9.17) is 18.9 Å². The summed E-state index contributed by atoms with van der Waals surface area (Å²) < 4.78 is 38.5. The molecule has 0 spiro atoms. The number of hydrogen-bond acceptors (Lipinski definition) is 9. The summed E-state index contributed by atoms with van der Waals surface area (Å²) in [6.45, 7) is 1.98. The number of methoxy groups -OCH3 is 2. The van der Waals surface area contributed by atoms with Crippen LogP contribution in [0.5, 0.6) is 28.7 Å². The summed E-state index contributed by atoms with van der Waals surface area (Å²) in [5.41, 5.74) is 0.837. The van der Waals surface area contributed by atoms with Gasteiger partial charge in [-0.25, -0.2) is 9.07 Å². The lowest BCUT2D eigenvalue weighted by atomic mass is 10.2. The summed E-state index contributed by atoms with van der Waals surface area (Å²) in [6.07, 6.45) is 2.97. The van der Waals surface area contributed by atoms with E-state index in [-0.39, 0.29) is 35.2 Å². The van der Waals surface area contributed by atoms with Crippen LogP contribution in [0.3, 0.4) is 0 Å². The van der Waals surface area contributed by atoms with Crippen molar-refractivity contribution >= 4 is 28.2 Å². The van der Waals surface area contributed by atoms with Crippen LogP contribution >= 0.6 is 0 Å². The number of aromatic nitrogens is 3. The Kier molecular flexibility index (Phi) is 7.82. The molecule has 2 heterocycles. The molecule has 1 amide bonds. The fourth-order valence-corrected chi connectivity index (χ4v) is 4.16. The second-order valence-corrected chi connectivity index (χ2v) is 8.73. The molecule has 13 heteroatoms. The molecule has 214 valence electrons. The highest BCUT2D eigenvalue weighted by Gasteiger charge is 2.21. The van der Waals surface area contributed by atoms with Gasteiger partial charge in [-0.05, 0) is 37.3 Å². The number of rotatable bonds is 10. The maximum atomic E-state index is 15.1. The molecule has 2 aromatic heterocycles. The second kappa shape index (κ2) is 11.8. The van der Waals surface area contributed by atoms with Crippen molar-refractivity contribution in [2.45, 2.75) is 6.92 Å². The first-order chi connectivity index (χ1) is 20.3. The van der Waals surface area contributed by atoms with E-state index in [1.807, 2.05) is 0 Å². The zero-order valence-electron chi connectivity index (χ0n) is 22.7. The van der Waals surface area contributed by atoms with Crippen molar-refractivity contribution in [3.63, 3.8) is 0 Å². The standard InChI is InChI=1S/C29H24FN5O7/c1-4-41-27-16-34(18-6-5-7-19(13-18)35(37)38)33-28(27)29(36)32-17-8-9-24(21(30)12-17)42-23-10-11-31-22-15-26(40-3)25(39-2)14-20(22)23/h5-16H,4H2,1-3H3,(H,32,36). The fourth-order valence-electron chi connectivity index (χ4n) is 4.16. The van der Waals surface area contributed by atoms with Gasteiger partial charge in [0.15, 0.2) is 34.5 Å². The number of nitrogens with one attached hydrogen (secondary N) is 1. The van der Waals surface area contributed by atoms with Gasteiger partial charge in [0.2, 0.25) is 0 Å². The lowest BCUT2D eigenvalue weighted by Gasteiger charge is -2.13. The summed E-state index contributed by atoms with van der Waals surface area (Å²) in [5, 5.41) is 18.6. The Labute approximate surface area is 238 Å². The van der Waals surface area contributed by atoms with Gasteiger partial charge in [-0.2, -0.15) is 5.10 Å². The third-order valence-corrected chi connectivity index (χ3v) is 6.12. The zero-order chi connectivity index (χ0) is 29.8. The average molecular weight is 574 g/mol. The van der Waals surface area contributed by atoms with Gasteiger partial charge in [0, 0.05) is 41.5 Å². The number of pyridine rings is 1. The van der Waals surface area contributed by atoms with E-state index >= 15 is 4.39 Å². The molecule has 0 aliphatic rings. The van der Waals surface area contributed by atoms with Crippen LogP contribution in [0.1, 0.15) is 17.4 Å². The first kappa shape index (κ1) is 27.8. The number of halogens is 1. The molecule has 0 saturated carbocycles. The number of amides is 1. The van der Waals surface area contributed by atoms with Crippen LogP contribution < -0.4 is 24.3 Å². The SMILES string of the molecule is CCOc1cn(-c2cccc([N+](=O)[O-])c2)nc1C(=O)Nc1ccc(Oc2ccnc3cc(OC)c(OC)cc23)c(F)c1. The van der Waals surface area contributed by atoms with Gasteiger partial charge in [-0.15, -0.1) is 0 Å². The van der Waals surface area contributed by atoms with Crippen LogP contribution in [0.25, 0.3) is 16.6 Å². The number of nitro benzene ring substituents is 1. The largest absolute Gasteiger partial charge is 0.493 e. The van der Waals surface area contributed by atoms with Gasteiger partial charge in [-0.3, -0.25) is 19.9 Å². The van der Waals surface area contributed by atoms with Crippen LogP contribution in [-0.2, 0) is 0 Å². The van der Waals surface area contributed by atoms with Gasteiger partial charge in [0.25, 0.3) is 11.6 Å². The topological polar surface area (TPSA) is 140 Å². The number of carbonyl (C=O) groups is 1. The Balaban J connectivity index is 1.38. The highest BCUT2D eigenvalue weighted by Crippen LogP contribution is 2.37. The summed E-state index contributed by atoms with van der Waals surface area (Å²) in [4.78, 5) is 28.1. The van der Waals surface area contributed by atoms with Gasteiger partial charge in [0.1, 0.15) is 5.75 Å². The Morgan fingerprint density at radius 2 is 1.79 bits per heavy atom. The maximum Gasteiger partial charge on any atom is 0.280 e. The minimum absolute atomic E-state index is 0.0831. The maximum absolute atomic E-state index is 15.1. The molecule has 0 atom stereocenters. The van der Waals surface area contributed by atoms with Crippen LogP contribution in [0, 0.1) is 15.9 Å². The number of nitrogens with zero attached hydrogens (tertiary/aromatic N) is 4. The molecule has 3 aromatic carbocycles. The lowest BCUT2D eigenvalue weighted by molar-refractivity contribution is -0.384. The normalized spacial score (nSPS) is 10.8. The van der Waals surface area contributed by atoms with Crippen molar-refractivity contribution in [2.75, 3.05) is 26.1 Å². The molecule has 1 N–H and O–H groups in total. The van der Waals surface area contributed by atoms with Crippen molar-refractivity contribution in [3.8, 4) is 34.4 Å². The van der Waals surface area contributed by atoms with Crippen molar-refractivity contribution < 1.29 is 33.1 Å². The van der Waals surface area contributed by atoms with E-state index in [0.717, 1.165) is 6.07 Å². The number of carbonyl (C=O) groups excluding carboxylic acids is 1. The molecule has 0 aliphatic carbocycles. The van der Waals surface area contributed by atoms with Crippen LogP contribution in [0.4, 0.5) is 15.8 Å². The number of fused-ring (bicyclic) bond motifs is 1. The Bertz CT molecular complexity index is 1810. The number of benzene rings is 3. The minimum Gasteiger partial charge on any atom is -0.493 e. The van der Waals surface area contributed by atoms with Crippen molar-refractivity contribution in [1.82, 2.24) is 14.8 Å². The second-order valence-electron chi connectivity index (χ2n) is 8.73. The quantitative estimate of drug-likeness (QED) is 0.159. The number of nitro groups is 1. The molecule has 0 fully saturated rings. The van der Waals surface area contributed by atoms with E-state index in [2.05, 4.69) is 15.4 Å². The van der Waals surface area contributed by atoms with Gasteiger partial charge >= 0.3 is 0 Å². The van der Waals surface area contributed by atoms with E-state index in [9.17, 15) is 14.9 Å². The van der Waals surface area contributed by atoms with Gasteiger partial charge in [-0.1, -0.05) is 6.07 Å². The third kappa shape index (κ3) is 5.61. The first-order valence-electron chi connectivity index (χ1n) is 12.6. The third-order valence-electron chi connectivity index (χ3n) is 6.12. The van der Waals surface area contributed by atoms with Crippen LogP contribution in [0.15, 0.2) is 73.1 Å². The molecule has 0 unspecified atom stereocenters. The Morgan fingerprint density at radius 3 is 2.50 bits per heavy atom. The van der Waals surface area contributed by atoms with E-state index < -0.39 is 16.6 Å². The predicted molar refractivity (Wildman–Crippen MR) is 151 cm³/mol. The summed E-state index contributed by atoms with van der Waals surface area (Å²) in [5.74, 6) is -0.0465. The summed E-state index contributed by atoms with van der Waals surface area (Å²) in [7, 11) is 3.02. The fraction of sp³-hybridized carbons (Fsp3) is 0.138. The Hall–Kier alpha value is -5.72. The van der Waals surface area contributed by atoms with E-state index in [0.29, 0.717) is 33.8 Å². The molecule has 0 saturated heterocycles. The lowest BCUT2D eigenvalue weighted by Crippen LogP contribution is -2.14. The Morgan fingerprint density at radius 1 is 1.00 bits per heavy atom. The average Bonchev–Trinajstić information content (AvgIpc) is 3.42. The van der Waals surface area contributed by atoms with Crippen LogP contribution in [0.2, 0.25) is 0 Å². The van der Waals surface area contributed by atoms with Crippen molar-refractivity contribution in [1.29, 1.82) is 0 Å². The molecule has 0 aliphatic heterocycles. The molecule has 0 bridgehead atoms. The van der Waals surface area contributed by atoms with Gasteiger partial charge in [0.05, 0.1) is 43.2 Å². The highest BCUT2D eigenvalue weighted by molar-refractivity contribution is 6.04. The monoisotopic (exact) mass is 573 g/mol. The van der Waals surface area contributed by atoms with Crippen molar-refractivity contribution in [3.05, 3.63) is 94.7 Å². The first-order valence-corrected chi connectivity index (χ1v) is 12.6. The smallest absolute Gasteiger partial charge is 0.280 e.